The number of hydrogen-bond donors (Lipinski definition) is 3. The van der Waals surface area contributed by atoms with Crippen LogP contribution in [0.25, 0.3) is 0 Å². The Kier molecular flexibility index (Phi) is 6.17. The van der Waals surface area contributed by atoms with Gasteiger partial charge in [-0.15, -0.1) is 0 Å². The quantitative estimate of drug-likeness (QED) is 0.481. The van der Waals surface area contributed by atoms with E-state index in [1.54, 1.807) is 48.5 Å². The van der Waals surface area contributed by atoms with Gasteiger partial charge in [0.2, 0.25) is 0 Å². The first kappa shape index (κ1) is 20.5. The summed E-state index contributed by atoms with van der Waals surface area (Å²) in [5.74, 6) is -0.106. The molecule has 0 spiro atoms. The maximum absolute atomic E-state index is 12.7. The maximum atomic E-state index is 12.7. The predicted octanol–water partition coefficient (Wildman–Crippen LogP) is 5.22. The first-order valence-corrected chi connectivity index (χ1v) is 10.4. The van der Waals surface area contributed by atoms with Crippen molar-refractivity contribution in [1.82, 2.24) is 0 Å². The SMILES string of the molecule is O=C(Nc1ccc(O)cc1C(=O)Nc1ccccc1)c1ccc(OC2CCCC2)cc1. The normalized spacial score (nSPS) is 13.5. The van der Waals surface area contributed by atoms with Crippen LogP contribution in [0.1, 0.15) is 46.4 Å². The van der Waals surface area contributed by atoms with E-state index in [2.05, 4.69) is 10.6 Å². The molecule has 0 bridgehead atoms. The average molecular weight is 416 g/mol. The summed E-state index contributed by atoms with van der Waals surface area (Å²) in [4.78, 5) is 25.5. The summed E-state index contributed by atoms with van der Waals surface area (Å²) in [5, 5.41) is 15.4. The van der Waals surface area contributed by atoms with Crippen LogP contribution in [-0.4, -0.2) is 23.0 Å². The zero-order valence-electron chi connectivity index (χ0n) is 17.0. The van der Waals surface area contributed by atoms with Crippen molar-refractivity contribution in [3.63, 3.8) is 0 Å². The highest BCUT2D eigenvalue weighted by molar-refractivity contribution is 6.12. The van der Waals surface area contributed by atoms with E-state index in [0.29, 0.717) is 16.9 Å². The summed E-state index contributed by atoms with van der Waals surface area (Å²) in [6.07, 6.45) is 4.77. The summed E-state index contributed by atoms with van der Waals surface area (Å²) in [7, 11) is 0. The lowest BCUT2D eigenvalue weighted by atomic mass is 10.1. The van der Waals surface area contributed by atoms with E-state index in [9.17, 15) is 14.7 Å². The summed E-state index contributed by atoms with van der Waals surface area (Å²) in [6, 6.07) is 20.2. The van der Waals surface area contributed by atoms with Crippen molar-refractivity contribution in [1.29, 1.82) is 0 Å². The molecule has 158 valence electrons. The largest absolute Gasteiger partial charge is 0.508 e. The molecule has 0 unspecified atom stereocenters. The lowest BCUT2D eigenvalue weighted by molar-refractivity contribution is 0.102. The van der Waals surface area contributed by atoms with Gasteiger partial charge in [0.05, 0.1) is 17.4 Å². The monoisotopic (exact) mass is 416 g/mol. The Bertz CT molecular complexity index is 1060. The van der Waals surface area contributed by atoms with E-state index in [4.69, 9.17) is 4.74 Å². The van der Waals surface area contributed by atoms with Crippen LogP contribution >= 0.6 is 0 Å². The third kappa shape index (κ3) is 5.22. The minimum absolute atomic E-state index is 0.0652. The number of anilines is 2. The Hall–Kier alpha value is -3.80. The number of aromatic hydroxyl groups is 1. The van der Waals surface area contributed by atoms with Crippen LogP contribution in [0.2, 0.25) is 0 Å². The van der Waals surface area contributed by atoms with Crippen LogP contribution in [0.3, 0.4) is 0 Å². The summed E-state index contributed by atoms with van der Waals surface area (Å²) in [6.45, 7) is 0. The number of ether oxygens (including phenoxy) is 1. The molecular formula is C25H24N2O4. The van der Waals surface area contributed by atoms with Gasteiger partial charge in [0.15, 0.2) is 0 Å². The van der Waals surface area contributed by atoms with E-state index >= 15 is 0 Å². The fourth-order valence-corrected chi connectivity index (χ4v) is 3.63. The molecule has 6 nitrogen and oxygen atoms in total. The number of rotatable bonds is 6. The lowest BCUT2D eigenvalue weighted by Gasteiger charge is -2.14. The van der Waals surface area contributed by atoms with Gasteiger partial charge in [-0.1, -0.05) is 18.2 Å². The van der Waals surface area contributed by atoms with Gasteiger partial charge in [0.1, 0.15) is 11.5 Å². The second-order valence-electron chi connectivity index (χ2n) is 7.55. The molecule has 4 rings (SSSR count). The lowest BCUT2D eigenvalue weighted by Crippen LogP contribution is -2.18. The smallest absolute Gasteiger partial charge is 0.257 e. The molecule has 0 aliphatic heterocycles. The number of hydrogen-bond acceptors (Lipinski definition) is 4. The van der Waals surface area contributed by atoms with E-state index in [-0.39, 0.29) is 23.3 Å². The van der Waals surface area contributed by atoms with Crippen molar-refractivity contribution in [3.05, 3.63) is 83.9 Å². The molecule has 1 fully saturated rings. The molecule has 1 aliphatic rings. The summed E-state index contributed by atoms with van der Waals surface area (Å²) in [5.41, 5.74) is 1.54. The van der Waals surface area contributed by atoms with Gasteiger partial charge in [0, 0.05) is 11.3 Å². The Labute approximate surface area is 180 Å². The van der Waals surface area contributed by atoms with Crippen molar-refractivity contribution in [2.75, 3.05) is 10.6 Å². The first-order valence-electron chi connectivity index (χ1n) is 10.4. The van der Waals surface area contributed by atoms with Gasteiger partial charge in [-0.25, -0.2) is 0 Å². The third-order valence-corrected chi connectivity index (χ3v) is 5.25. The fraction of sp³-hybridized carbons (Fsp3) is 0.200. The Balaban J connectivity index is 1.47. The number of carbonyl (C=O) groups excluding carboxylic acids is 2. The van der Waals surface area contributed by atoms with Gasteiger partial charge in [-0.05, 0) is 80.3 Å². The minimum Gasteiger partial charge on any atom is -0.508 e. The van der Waals surface area contributed by atoms with Crippen LogP contribution in [0.4, 0.5) is 11.4 Å². The van der Waals surface area contributed by atoms with E-state index < -0.39 is 5.91 Å². The van der Waals surface area contributed by atoms with Crippen LogP contribution in [0.5, 0.6) is 11.5 Å². The third-order valence-electron chi connectivity index (χ3n) is 5.25. The minimum atomic E-state index is -0.433. The molecule has 6 heteroatoms. The highest BCUT2D eigenvalue weighted by Crippen LogP contribution is 2.26. The van der Waals surface area contributed by atoms with Gasteiger partial charge >= 0.3 is 0 Å². The average Bonchev–Trinajstić information content (AvgIpc) is 3.29. The molecule has 0 aromatic heterocycles. The number of benzene rings is 3. The summed E-state index contributed by atoms with van der Waals surface area (Å²) < 4.78 is 5.94. The molecule has 31 heavy (non-hydrogen) atoms. The van der Waals surface area contributed by atoms with E-state index in [1.165, 1.54) is 31.0 Å². The second kappa shape index (κ2) is 9.34. The number of amides is 2. The molecular weight excluding hydrogens is 392 g/mol. The molecule has 0 heterocycles. The van der Waals surface area contributed by atoms with Gasteiger partial charge in [-0.2, -0.15) is 0 Å². The van der Waals surface area contributed by atoms with Crippen molar-refractivity contribution >= 4 is 23.2 Å². The van der Waals surface area contributed by atoms with Gasteiger partial charge in [-0.3, -0.25) is 9.59 Å². The second-order valence-corrected chi connectivity index (χ2v) is 7.55. The first-order chi connectivity index (χ1) is 15.1. The highest BCUT2D eigenvalue weighted by atomic mass is 16.5. The standard InChI is InChI=1S/C25H24N2O4/c28-19-12-15-23(22(16-19)25(30)26-18-6-2-1-3-7-18)27-24(29)17-10-13-21(14-11-17)31-20-8-4-5-9-20/h1-3,6-7,10-16,20,28H,4-5,8-9H2,(H,26,30)(H,27,29). The topological polar surface area (TPSA) is 87.7 Å². The number of nitrogens with one attached hydrogen (secondary N) is 2. The molecule has 1 aliphatic carbocycles. The van der Waals surface area contributed by atoms with E-state index in [1.807, 2.05) is 6.07 Å². The zero-order valence-corrected chi connectivity index (χ0v) is 17.0. The van der Waals surface area contributed by atoms with E-state index in [0.717, 1.165) is 18.6 Å². The fourth-order valence-electron chi connectivity index (χ4n) is 3.63. The maximum Gasteiger partial charge on any atom is 0.257 e. The number of para-hydroxylation sites is 1. The summed E-state index contributed by atoms with van der Waals surface area (Å²) >= 11 is 0. The van der Waals surface area contributed by atoms with Crippen LogP contribution in [0.15, 0.2) is 72.8 Å². The highest BCUT2D eigenvalue weighted by Gasteiger charge is 2.18. The Morgan fingerprint density at radius 2 is 1.55 bits per heavy atom. The number of carbonyl (C=O) groups is 2. The van der Waals surface area contributed by atoms with Crippen molar-refractivity contribution in [2.24, 2.45) is 0 Å². The molecule has 3 aromatic rings. The Morgan fingerprint density at radius 1 is 0.839 bits per heavy atom. The molecule has 0 radical (unpaired) electrons. The zero-order chi connectivity index (χ0) is 21.6. The van der Waals surface area contributed by atoms with Gasteiger partial charge < -0.3 is 20.5 Å². The predicted molar refractivity (Wildman–Crippen MR) is 120 cm³/mol. The number of phenolic OH excluding ortho intramolecular Hbond substituents is 1. The molecule has 0 saturated heterocycles. The van der Waals surface area contributed by atoms with Crippen molar-refractivity contribution < 1.29 is 19.4 Å². The van der Waals surface area contributed by atoms with Crippen molar-refractivity contribution in [2.45, 2.75) is 31.8 Å². The number of phenols is 1. The van der Waals surface area contributed by atoms with Crippen molar-refractivity contribution in [3.8, 4) is 11.5 Å². The molecule has 0 atom stereocenters. The van der Waals surface area contributed by atoms with Crippen LogP contribution in [-0.2, 0) is 0 Å². The van der Waals surface area contributed by atoms with Crippen LogP contribution < -0.4 is 15.4 Å². The van der Waals surface area contributed by atoms with Crippen LogP contribution in [0, 0.1) is 0 Å². The molecule has 1 saturated carbocycles. The molecule has 2 amide bonds. The Morgan fingerprint density at radius 3 is 2.26 bits per heavy atom. The molecule has 3 N–H and O–H groups in total. The van der Waals surface area contributed by atoms with Gasteiger partial charge in [0.25, 0.3) is 11.8 Å². The molecule has 3 aromatic carbocycles.